The molecule has 112 valence electrons. The first-order valence-corrected chi connectivity index (χ1v) is 8.73. The summed E-state index contributed by atoms with van der Waals surface area (Å²) in [6, 6.07) is 3.48. The zero-order valence-electron chi connectivity index (χ0n) is 10.9. The van der Waals surface area contributed by atoms with Crippen LogP contribution in [0.5, 0.6) is 0 Å². The molecule has 0 amide bonds. The second-order valence-corrected chi connectivity index (χ2v) is 7.39. The quantitative estimate of drug-likeness (QED) is 0.883. The minimum absolute atomic E-state index is 0.228. The van der Waals surface area contributed by atoms with E-state index in [0.717, 1.165) is 30.7 Å². The maximum absolute atomic E-state index is 13.7. The largest absolute Gasteiger partial charge is 0.392 e. The molecule has 1 heterocycles. The van der Waals surface area contributed by atoms with Gasteiger partial charge in [-0.25, -0.2) is 17.8 Å². The number of hydrogen-bond acceptors (Lipinski definition) is 5. The van der Waals surface area contributed by atoms with Gasteiger partial charge in [0.05, 0.1) is 12.3 Å². The van der Waals surface area contributed by atoms with Gasteiger partial charge in [0.25, 0.3) is 10.0 Å². The Morgan fingerprint density at radius 3 is 2.86 bits per heavy atom. The van der Waals surface area contributed by atoms with Crippen LogP contribution in [0.1, 0.15) is 30.0 Å². The van der Waals surface area contributed by atoms with Crippen molar-refractivity contribution in [3.05, 3.63) is 40.7 Å². The normalized spacial score (nSPS) is 15.1. The maximum Gasteiger partial charge on any atom is 0.266 e. The van der Waals surface area contributed by atoms with Crippen LogP contribution in [-0.4, -0.2) is 18.5 Å². The Morgan fingerprint density at radius 1 is 1.43 bits per heavy atom. The van der Waals surface area contributed by atoms with E-state index in [4.69, 9.17) is 5.11 Å². The third-order valence-electron chi connectivity index (χ3n) is 3.21. The molecule has 1 fully saturated rings. The molecule has 21 heavy (non-hydrogen) atoms. The molecule has 0 aliphatic heterocycles. The first-order chi connectivity index (χ1) is 9.99. The summed E-state index contributed by atoms with van der Waals surface area (Å²) in [5, 5.41) is 11.1. The first kappa shape index (κ1) is 14.4. The van der Waals surface area contributed by atoms with Gasteiger partial charge in [-0.15, -0.1) is 11.3 Å². The molecule has 5 nitrogen and oxygen atoms in total. The van der Waals surface area contributed by atoms with E-state index in [0.29, 0.717) is 11.5 Å². The monoisotopic (exact) mass is 328 g/mol. The number of aliphatic hydroxyl groups is 1. The number of aliphatic hydroxyl groups excluding tert-OH is 1. The van der Waals surface area contributed by atoms with Crippen LogP contribution in [-0.2, 0) is 16.6 Å². The summed E-state index contributed by atoms with van der Waals surface area (Å²) in [5.74, 6) is -0.437. The fourth-order valence-corrected chi connectivity index (χ4v) is 4.10. The summed E-state index contributed by atoms with van der Waals surface area (Å²) in [4.78, 5) is 3.72. The summed E-state index contributed by atoms with van der Waals surface area (Å²) in [6.45, 7) is -0.355. The summed E-state index contributed by atoms with van der Waals surface area (Å²) in [6.07, 6.45) is 2.15. The van der Waals surface area contributed by atoms with Gasteiger partial charge in [-0.2, -0.15) is 0 Å². The van der Waals surface area contributed by atoms with Crippen molar-refractivity contribution in [1.29, 1.82) is 0 Å². The van der Waals surface area contributed by atoms with E-state index in [9.17, 15) is 12.8 Å². The van der Waals surface area contributed by atoms with Crippen molar-refractivity contribution >= 4 is 26.5 Å². The Bertz CT molecular complexity index is 769. The summed E-state index contributed by atoms with van der Waals surface area (Å²) >= 11 is 1.18. The maximum atomic E-state index is 13.7. The number of aromatic nitrogens is 1. The Morgan fingerprint density at radius 2 is 2.19 bits per heavy atom. The van der Waals surface area contributed by atoms with E-state index < -0.39 is 20.7 Å². The van der Waals surface area contributed by atoms with E-state index in [1.165, 1.54) is 17.4 Å². The van der Waals surface area contributed by atoms with Gasteiger partial charge in [-0.1, -0.05) is 6.07 Å². The molecular formula is C13H13FN2O3S2. The molecule has 2 aromatic rings. The predicted molar refractivity (Wildman–Crippen MR) is 77.2 cm³/mol. The molecule has 0 spiro atoms. The lowest BCUT2D eigenvalue weighted by atomic mass is 10.2. The van der Waals surface area contributed by atoms with Crippen molar-refractivity contribution in [2.24, 2.45) is 0 Å². The number of nitrogens with zero attached hydrogens (tertiary/aromatic N) is 1. The van der Waals surface area contributed by atoms with Gasteiger partial charge in [0, 0.05) is 11.3 Å². The van der Waals surface area contributed by atoms with Crippen LogP contribution in [0.2, 0.25) is 0 Å². The van der Waals surface area contributed by atoms with E-state index in [-0.39, 0.29) is 11.7 Å². The number of halogens is 1. The minimum Gasteiger partial charge on any atom is -0.392 e. The summed E-state index contributed by atoms with van der Waals surface area (Å²) in [7, 11) is -4.06. The Kier molecular flexibility index (Phi) is 3.68. The number of thiazole rings is 1. The van der Waals surface area contributed by atoms with E-state index in [1.54, 1.807) is 0 Å². The summed E-state index contributed by atoms with van der Waals surface area (Å²) < 4.78 is 40.5. The van der Waals surface area contributed by atoms with Crippen LogP contribution in [0.25, 0.3) is 0 Å². The molecule has 0 unspecified atom stereocenters. The van der Waals surface area contributed by atoms with Crippen molar-refractivity contribution in [1.82, 2.24) is 4.98 Å². The molecule has 0 saturated heterocycles. The molecule has 0 bridgehead atoms. The molecule has 1 aromatic heterocycles. The smallest absolute Gasteiger partial charge is 0.266 e. The van der Waals surface area contributed by atoms with Gasteiger partial charge in [-0.3, -0.25) is 4.72 Å². The number of hydrogen-bond donors (Lipinski definition) is 2. The van der Waals surface area contributed by atoms with Crippen LogP contribution < -0.4 is 4.72 Å². The molecule has 1 aliphatic rings. The second kappa shape index (κ2) is 5.36. The van der Waals surface area contributed by atoms with Crippen LogP contribution >= 0.6 is 11.3 Å². The highest BCUT2D eigenvalue weighted by Crippen LogP contribution is 2.41. The van der Waals surface area contributed by atoms with Crippen molar-refractivity contribution < 1.29 is 17.9 Å². The predicted octanol–water partition coefficient (Wildman–Crippen LogP) is 2.45. The van der Waals surface area contributed by atoms with Crippen molar-refractivity contribution in [2.45, 2.75) is 30.3 Å². The molecule has 1 aliphatic carbocycles. The fourth-order valence-electron chi connectivity index (χ4n) is 1.92. The highest BCUT2D eigenvalue weighted by molar-refractivity contribution is 7.93. The number of sulfonamides is 1. The third-order valence-corrected chi connectivity index (χ3v) is 5.47. The number of rotatable bonds is 5. The van der Waals surface area contributed by atoms with Gasteiger partial charge in [0.1, 0.15) is 10.7 Å². The standard InChI is InChI=1S/C13H13FN2O3S2/c14-10-4-1-8(6-17)5-12(10)21(18,19)16-13-15-11(7-20-13)9-2-3-9/h1,4-5,7,9,17H,2-3,6H2,(H,15,16). The minimum atomic E-state index is -4.06. The second-order valence-electron chi connectivity index (χ2n) is 4.88. The molecule has 3 rings (SSSR count). The molecule has 1 saturated carbocycles. The molecule has 0 radical (unpaired) electrons. The first-order valence-electron chi connectivity index (χ1n) is 6.37. The fraction of sp³-hybridized carbons (Fsp3) is 0.308. The van der Waals surface area contributed by atoms with Crippen molar-refractivity contribution in [2.75, 3.05) is 4.72 Å². The van der Waals surface area contributed by atoms with Gasteiger partial charge >= 0.3 is 0 Å². The Hall–Kier alpha value is -1.51. The van der Waals surface area contributed by atoms with Gasteiger partial charge in [-0.05, 0) is 30.5 Å². The zero-order valence-corrected chi connectivity index (χ0v) is 12.5. The average molecular weight is 328 g/mol. The van der Waals surface area contributed by atoms with Gasteiger partial charge in [0.15, 0.2) is 5.13 Å². The highest BCUT2D eigenvalue weighted by Gasteiger charge is 2.27. The molecule has 2 N–H and O–H groups in total. The highest BCUT2D eigenvalue weighted by atomic mass is 32.2. The number of anilines is 1. The van der Waals surface area contributed by atoms with Crippen LogP contribution in [0.3, 0.4) is 0 Å². The Labute approximate surface area is 125 Å². The summed E-state index contributed by atoms with van der Waals surface area (Å²) in [5.41, 5.74) is 1.21. The van der Waals surface area contributed by atoms with Gasteiger partial charge in [0.2, 0.25) is 0 Å². The lowest BCUT2D eigenvalue weighted by Gasteiger charge is -2.07. The lowest BCUT2D eigenvalue weighted by molar-refractivity contribution is 0.281. The topological polar surface area (TPSA) is 79.3 Å². The van der Waals surface area contributed by atoms with Crippen LogP contribution in [0.4, 0.5) is 9.52 Å². The molecule has 8 heteroatoms. The average Bonchev–Trinajstić information content (AvgIpc) is 3.20. The lowest BCUT2D eigenvalue weighted by Crippen LogP contribution is -2.15. The third kappa shape index (κ3) is 3.07. The SMILES string of the molecule is O=S(=O)(Nc1nc(C2CC2)cs1)c1cc(CO)ccc1F. The Balaban J connectivity index is 1.88. The zero-order chi connectivity index (χ0) is 15.0. The molecule has 1 aromatic carbocycles. The van der Waals surface area contributed by atoms with Crippen molar-refractivity contribution in [3.8, 4) is 0 Å². The van der Waals surface area contributed by atoms with E-state index >= 15 is 0 Å². The van der Waals surface area contributed by atoms with Crippen LogP contribution in [0, 0.1) is 5.82 Å². The number of benzene rings is 1. The molecular weight excluding hydrogens is 315 g/mol. The molecule has 0 atom stereocenters. The van der Waals surface area contributed by atoms with Gasteiger partial charge < -0.3 is 5.11 Å². The van der Waals surface area contributed by atoms with E-state index in [1.807, 2.05) is 5.38 Å². The van der Waals surface area contributed by atoms with Crippen LogP contribution in [0.15, 0.2) is 28.5 Å². The number of nitrogens with one attached hydrogen (secondary N) is 1. The van der Waals surface area contributed by atoms with E-state index in [2.05, 4.69) is 9.71 Å². The van der Waals surface area contributed by atoms with Crippen molar-refractivity contribution in [3.63, 3.8) is 0 Å².